The predicted molar refractivity (Wildman–Crippen MR) is 135 cm³/mol. The summed E-state index contributed by atoms with van der Waals surface area (Å²) in [5.41, 5.74) is -2.20. The molecule has 0 saturated carbocycles. The number of nitrogens with one attached hydrogen (secondary N) is 8. The number of para-hydroxylation sites is 1. The van der Waals surface area contributed by atoms with Crippen molar-refractivity contribution in [2.75, 3.05) is 19.9 Å². The quantitative estimate of drug-likeness (QED) is 0.128. The zero-order chi connectivity index (χ0) is 29.3. The van der Waals surface area contributed by atoms with Crippen LogP contribution in [0.15, 0.2) is 54.6 Å². The molecule has 2 fully saturated rings. The van der Waals surface area contributed by atoms with Crippen LogP contribution in [0.2, 0.25) is 0 Å². The summed E-state index contributed by atoms with van der Waals surface area (Å²) in [6.07, 6.45) is 0. The van der Waals surface area contributed by atoms with E-state index < -0.39 is 67.1 Å². The van der Waals surface area contributed by atoms with Crippen molar-refractivity contribution in [2.24, 2.45) is 0 Å². The van der Waals surface area contributed by atoms with E-state index in [-0.39, 0.29) is 0 Å². The van der Waals surface area contributed by atoms with E-state index in [1.165, 1.54) is 0 Å². The van der Waals surface area contributed by atoms with Gasteiger partial charge in [0.15, 0.2) is 0 Å². The number of phenols is 1. The average molecular weight is 559 g/mol. The maximum Gasteiger partial charge on any atom is 0.323 e. The molecule has 11 N–H and O–H groups in total. The summed E-state index contributed by atoms with van der Waals surface area (Å²) in [5, 5.41) is 44.0. The SMILES string of the molecule is O=C(NCNC(=O)NC1(CO)NC(=O)NC1=O)NC1(CO)NC(=O)NC1=O.Oc1ccccc1-c1ccccc1. The number of urea groups is 4. The van der Waals surface area contributed by atoms with Crippen LogP contribution in [0.25, 0.3) is 11.1 Å². The third-order valence-electron chi connectivity index (χ3n) is 5.50. The summed E-state index contributed by atoms with van der Waals surface area (Å²) in [4.78, 5) is 68.9. The molecule has 2 aromatic rings. The lowest BCUT2D eigenvalue weighted by atomic mass is 10.1. The molecule has 17 nitrogen and oxygen atoms in total. The van der Waals surface area contributed by atoms with E-state index in [4.69, 9.17) is 0 Å². The van der Waals surface area contributed by atoms with Gasteiger partial charge in [-0.1, -0.05) is 48.5 Å². The number of amides is 10. The van der Waals surface area contributed by atoms with Crippen LogP contribution in [0, 0.1) is 0 Å². The Morgan fingerprint density at radius 3 is 1.55 bits per heavy atom. The molecule has 2 atom stereocenters. The fraction of sp³-hybridized carbons (Fsp3) is 0.217. The number of hydrogen-bond acceptors (Lipinski definition) is 9. The summed E-state index contributed by atoms with van der Waals surface area (Å²) in [7, 11) is 0. The highest BCUT2D eigenvalue weighted by Gasteiger charge is 2.48. The Morgan fingerprint density at radius 1 is 0.700 bits per heavy atom. The zero-order valence-corrected chi connectivity index (χ0v) is 20.6. The smallest absolute Gasteiger partial charge is 0.323 e. The minimum atomic E-state index is -2.06. The van der Waals surface area contributed by atoms with Gasteiger partial charge in [0.2, 0.25) is 11.3 Å². The van der Waals surface area contributed by atoms with E-state index in [0.717, 1.165) is 11.1 Å². The van der Waals surface area contributed by atoms with Gasteiger partial charge in [0.05, 0.1) is 19.9 Å². The molecule has 0 aliphatic carbocycles. The number of aliphatic hydroxyl groups excluding tert-OH is 2. The summed E-state index contributed by atoms with van der Waals surface area (Å²) in [6.45, 7) is -2.38. The van der Waals surface area contributed by atoms with Crippen LogP contribution in [0.3, 0.4) is 0 Å². The first-order valence-electron chi connectivity index (χ1n) is 11.5. The number of rotatable bonds is 7. The molecule has 40 heavy (non-hydrogen) atoms. The third-order valence-corrected chi connectivity index (χ3v) is 5.50. The lowest BCUT2D eigenvalue weighted by Crippen LogP contribution is -2.66. The molecule has 0 bridgehead atoms. The Labute approximate surface area is 225 Å². The molecule has 10 amide bonds. The Bertz CT molecular complexity index is 1250. The van der Waals surface area contributed by atoms with Crippen molar-refractivity contribution in [1.29, 1.82) is 0 Å². The van der Waals surface area contributed by atoms with E-state index in [0.29, 0.717) is 5.75 Å². The third kappa shape index (κ3) is 6.71. The number of carbonyl (C=O) groups is 6. The van der Waals surface area contributed by atoms with Crippen LogP contribution in [0.4, 0.5) is 19.2 Å². The summed E-state index contributed by atoms with van der Waals surface area (Å²) < 4.78 is 0. The van der Waals surface area contributed by atoms with Gasteiger partial charge in [-0.25, -0.2) is 19.2 Å². The molecular weight excluding hydrogens is 532 g/mol. The molecule has 4 rings (SSSR count). The molecule has 2 aliphatic heterocycles. The highest BCUT2D eigenvalue weighted by atomic mass is 16.3. The van der Waals surface area contributed by atoms with Crippen molar-refractivity contribution < 1.29 is 44.1 Å². The molecule has 2 heterocycles. The number of hydrogen-bond donors (Lipinski definition) is 11. The van der Waals surface area contributed by atoms with E-state index >= 15 is 0 Å². The molecule has 2 aliphatic rings. The van der Waals surface area contributed by atoms with Crippen molar-refractivity contribution in [3.63, 3.8) is 0 Å². The molecule has 212 valence electrons. The van der Waals surface area contributed by atoms with Gasteiger partial charge >= 0.3 is 24.1 Å². The van der Waals surface area contributed by atoms with Crippen molar-refractivity contribution in [2.45, 2.75) is 11.3 Å². The normalized spacial score (nSPS) is 21.1. The highest BCUT2D eigenvalue weighted by Crippen LogP contribution is 2.27. The van der Waals surface area contributed by atoms with Gasteiger partial charge in [-0.3, -0.25) is 20.2 Å². The van der Waals surface area contributed by atoms with Gasteiger partial charge in [-0.2, -0.15) is 0 Å². The van der Waals surface area contributed by atoms with Crippen LogP contribution in [0.1, 0.15) is 0 Å². The lowest BCUT2D eigenvalue weighted by Gasteiger charge is -2.26. The van der Waals surface area contributed by atoms with Crippen molar-refractivity contribution in [3.05, 3.63) is 54.6 Å². The Balaban J connectivity index is 0.000000281. The average Bonchev–Trinajstić information content (AvgIpc) is 3.37. The van der Waals surface area contributed by atoms with Crippen LogP contribution < -0.4 is 42.5 Å². The van der Waals surface area contributed by atoms with Crippen molar-refractivity contribution >= 4 is 35.9 Å². The van der Waals surface area contributed by atoms with E-state index in [1.807, 2.05) is 80.4 Å². The van der Waals surface area contributed by atoms with Crippen LogP contribution in [-0.4, -0.2) is 82.5 Å². The van der Waals surface area contributed by atoms with E-state index in [1.54, 1.807) is 6.07 Å². The first kappa shape index (κ1) is 29.1. The summed E-state index contributed by atoms with van der Waals surface area (Å²) in [5.74, 6) is -1.64. The van der Waals surface area contributed by atoms with Gasteiger partial charge < -0.3 is 47.2 Å². The zero-order valence-electron chi connectivity index (χ0n) is 20.6. The van der Waals surface area contributed by atoms with Crippen molar-refractivity contribution in [1.82, 2.24) is 42.5 Å². The molecule has 0 spiro atoms. The van der Waals surface area contributed by atoms with Crippen LogP contribution in [-0.2, 0) is 9.59 Å². The first-order chi connectivity index (χ1) is 19.0. The molecule has 17 heteroatoms. The van der Waals surface area contributed by atoms with Crippen molar-refractivity contribution in [3.8, 4) is 16.9 Å². The van der Waals surface area contributed by atoms with Gasteiger partial charge in [0, 0.05) is 5.56 Å². The fourth-order valence-corrected chi connectivity index (χ4v) is 3.48. The van der Waals surface area contributed by atoms with Gasteiger partial charge in [-0.15, -0.1) is 0 Å². The molecule has 2 saturated heterocycles. The van der Waals surface area contributed by atoms with E-state index in [2.05, 4.69) is 10.6 Å². The standard InChI is InChI=1S/C12H10O.C11H16N8O8/c13-12-9-5-4-8-11(12)10-6-2-1-3-7-10;20-1-10(4(22)14-8(26)18-10)16-6(24)12-3-13-7(25)17-11(2-21)5(23)15-9(27)19-11/h1-9,13H;20-21H,1-3H2,(H2,12,16,24)(H2,13,17,25)(H2,14,18,22,26)(H2,15,19,23,27). The van der Waals surface area contributed by atoms with E-state index in [9.17, 15) is 44.1 Å². The Morgan fingerprint density at radius 2 is 1.15 bits per heavy atom. The molecule has 0 aromatic heterocycles. The van der Waals surface area contributed by atoms with Gasteiger partial charge in [-0.05, 0) is 11.6 Å². The van der Waals surface area contributed by atoms with Gasteiger partial charge in [0.1, 0.15) is 5.75 Å². The number of aliphatic hydroxyl groups is 2. The second-order valence-electron chi connectivity index (χ2n) is 8.27. The maximum absolute atomic E-state index is 11.8. The second kappa shape index (κ2) is 12.4. The first-order valence-corrected chi connectivity index (χ1v) is 11.5. The lowest BCUT2D eigenvalue weighted by molar-refractivity contribution is -0.126. The monoisotopic (exact) mass is 558 g/mol. The number of phenolic OH excluding ortho intramolecular Hbond substituents is 1. The Kier molecular flexibility index (Phi) is 9.05. The number of imide groups is 2. The molecule has 0 radical (unpaired) electrons. The Hall–Kier alpha value is -5.42. The second-order valence-corrected chi connectivity index (χ2v) is 8.27. The molecular formula is C23H26N8O9. The summed E-state index contributed by atoms with van der Waals surface area (Å²) in [6, 6.07) is 13.3. The van der Waals surface area contributed by atoms with Crippen LogP contribution >= 0.6 is 0 Å². The number of carbonyl (C=O) groups excluding carboxylic acids is 6. The minimum Gasteiger partial charge on any atom is -0.507 e. The van der Waals surface area contributed by atoms with Crippen LogP contribution in [0.5, 0.6) is 5.75 Å². The minimum absolute atomic E-state index is 0.328. The highest BCUT2D eigenvalue weighted by molar-refractivity contribution is 6.09. The number of aromatic hydroxyl groups is 1. The topological polar surface area (TPSA) is 259 Å². The predicted octanol–water partition coefficient (Wildman–Crippen LogP) is -2.34. The van der Waals surface area contributed by atoms with Gasteiger partial charge in [0.25, 0.3) is 11.8 Å². The maximum atomic E-state index is 11.8. The molecule has 2 aromatic carbocycles. The molecule has 2 unspecified atom stereocenters. The number of benzene rings is 2. The summed E-state index contributed by atoms with van der Waals surface area (Å²) >= 11 is 0. The largest absolute Gasteiger partial charge is 0.507 e. The fourth-order valence-electron chi connectivity index (χ4n) is 3.48.